The van der Waals surface area contributed by atoms with Crippen molar-refractivity contribution < 1.29 is 28.2 Å². The lowest BCUT2D eigenvalue weighted by atomic mass is 9.83. The molecule has 1 aliphatic heterocycles. The highest BCUT2D eigenvalue weighted by Gasteiger charge is 2.48. The molecule has 0 saturated heterocycles. The van der Waals surface area contributed by atoms with Crippen LogP contribution in [-0.2, 0) is 11.1 Å². The lowest BCUT2D eigenvalue weighted by molar-refractivity contribution is -0.00116. The molecule has 0 radical (unpaired) electrons. The maximum Gasteiger partial charge on any atom is 0.293 e. The quantitative estimate of drug-likeness (QED) is 0.242. The average Bonchev–Trinajstić information content (AvgIpc) is 3.88. The van der Waals surface area contributed by atoms with Gasteiger partial charge in [0.2, 0.25) is 0 Å². The fourth-order valence-electron chi connectivity index (χ4n) is 5.61. The van der Waals surface area contributed by atoms with Crippen LogP contribution in [0.25, 0.3) is 22.4 Å². The summed E-state index contributed by atoms with van der Waals surface area (Å²) in [4.78, 5) is 22.6. The second kappa shape index (κ2) is 9.25. The zero-order chi connectivity index (χ0) is 28.5. The molecule has 2 atom stereocenters. The molecule has 0 unspecified atom stereocenters. The number of nitrogens with zero attached hydrogens (tertiary/aromatic N) is 2. The first-order valence-corrected chi connectivity index (χ1v) is 14.0. The molecule has 2 aliphatic carbocycles. The lowest BCUT2D eigenvalue weighted by Gasteiger charge is -2.29. The molecule has 7 rings (SSSR count). The van der Waals surface area contributed by atoms with Crippen LogP contribution in [0, 0.1) is 11.7 Å². The molecular weight excluding hydrogens is 527 g/mol. The van der Waals surface area contributed by atoms with Gasteiger partial charge in [-0.15, -0.1) is 0 Å². The van der Waals surface area contributed by atoms with Gasteiger partial charge < -0.3 is 30.5 Å². The fraction of sp³-hybridized carbons (Fsp3) is 0.387. The summed E-state index contributed by atoms with van der Waals surface area (Å²) in [6.45, 7) is 2.12. The predicted molar refractivity (Wildman–Crippen MR) is 149 cm³/mol. The van der Waals surface area contributed by atoms with Gasteiger partial charge in [-0.2, -0.15) is 4.98 Å². The average molecular weight is 559 g/mol. The van der Waals surface area contributed by atoms with Crippen LogP contribution in [0.1, 0.15) is 67.1 Å². The summed E-state index contributed by atoms with van der Waals surface area (Å²) in [5.74, 6) is 0.406. The summed E-state index contributed by atoms with van der Waals surface area (Å²) in [5.41, 5.74) is 13.8. The standard InChI is InChI=1S/C31H31FN4O5/c1-30(34)15-39-28-21(30)14-25(35-26(28)16-2-6-19(32)7-3-16)31(38,18-4-5-18)11-10-22(37)17-12-23(40-20-8-9-20)27-24(13-17)41-29(33)36-27/h2-3,6-7,12-14,18,20,38H,4-5,8-11,15,34H2,1H3,(H2,33,36)/t30-,31+/m0/s1. The molecule has 3 heterocycles. The van der Waals surface area contributed by atoms with E-state index in [4.69, 9.17) is 30.3 Å². The summed E-state index contributed by atoms with van der Waals surface area (Å²) in [7, 11) is 0. The Morgan fingerprint density at radius 1 is 1.17 bits per heavy atom. The van der Waals surface area contributed by atoms with Gasteiger partial charge in [-0.05, 0) is 87.4 Å². The number of ether oxygens (including phenoxy) is 2. The van der Waals surface area contributed by atoms with Crippen LogP contribution in [0.3, 0.4) is 0 Å². The highest BCUT2D eigenvalue weighted by atomic mass is 19.1. The SMILES string of the molecule is C[C@]1(N)COc2c1cc([C@@](O)(CCC(=O)c1cc(OC3CC3)c3nc(N)oc3c1)C1CC1)nc2-c1ccc(F)cc1. The van der Waals surface area contributed by atoms with Crippen LogP contribution >= 0.6 is 0 Å². The number of aromatic nitrogens is 2. The molecule has 10 heteroatoms. The number of oxazole rings is 1. The second-order valence-electron chi connectivity index (χ2n) is 11.8. The van der Waals surface area contributed by atoms with Crippen molar-refractivity contribution in [3.05, 3.63) is 65.1 Å². The summed E-state index contributed by atoms with van der Waals surface area (Å²) >= 11 is 0. The van der Waals surface area contributed by atoms with Crippen molar-refractivity contribution in [2.75, 3.05) is 12.3 Å². The molecular formula is C31H31FN4O5. The van der Waals surface area contributed by atoms with Gasteiger partial charge in [-0.1, -0.05) is 0 Å². The van der Waals surface area contributed by atoms with Gasteiger partial charge in [-0.25, -0.2) is 9.37 Å². The Bertz CT molecular complexity index is 1680. The first kappa shape index (κ1) is 25.9. The van der Waals surface area contributed by atoms with E-state index in [9.17, 15) is 14.3 Å². The van der Waals surface area contributed by atoms with Crippen molar-refractivity contribution in [3.63, 3.8) is 0 Å². The Hall–Kier alpha value is -4.02. The van der Waals surface area contributed by atoms with Crippen molar-refractivity contribution in [1.29, 1.82) is 0 Å². The van der Waals surface area contributed by atoms with Crippen molar-refractivity contribution >= 4 is 22.9 Å². The van der Waals surface area contributed by atoms with E-state index in [0.717, 1.165) is 31.2 Å². The lowest BCUT2D eigenvalue weighted by Crippen LogP contribution is -2.35. The van der Waals surface area contributed by atoms with Crippen LogP contribution < -0.4 is 20.9 Å². The first-order valence-electron chi connectivity index (χ1n) is 14.0. The Morgan fingerprint density at radius 3 is 2.63 bits per heavy atom. The first-order chi connectivity index (χ1) is 19.6. The Labute approximate surface area is 235 Å². The summed E-state index contributed by atoms with van der Waals surface area (Å²) in [6, 6.07) is 11.1. The molecule has 4 aromatic rings. The number of anilines is 1. The van der Waals surface area contributed by atoms with Crippen LogP contribution in [0.15, 0.2) is 46.9 Å². The monoisotopic (exact) mass is 558 g/mol. The van der Waals surface area contributed by atoms with Gasteiger partial charge in [0, 0.05) is 23.1 Å². The summed E-state index contributed by atoms with van der Waals surface area (Å²) in [5, 5.41) is 12.2. The van der Waals surface area contributed by atoms with E-state index in [1.807, 2.05) is 13.0 Å². The topological polar surface area (TPSA) is 147 Å². The van der Waals surface area contributed by atoms with E-state index in [1.165, 1.54) is 12.1 Å². The number of rotatable bonds is 9. The van der Waals surface area contributed by atoms with Crippen LogP contribution in [0.4, 0.5) is 10.4 Å². The zero-order valence-corrected chi connectivity index (χ0v) is 22.7. The van der Waals surface area contributed by atoms with E-state index in [1.54, 1.807) is 24.3 Å². The third-order valence-corrected chi connectivity index (χ3v) is 8.27. The van der Waals surface area contributed by atoms with Crippen LogP contribution in [0.5, 0.6) is 11.5 Å². The van der Waals surface area contributed by atoms with Gasteiger partial charge in [0.1, 0.15) is 29.5 Å². The molecule has 0 bridgehead atoms. The zero-order valence-electron chi connectivity index (χ0n) is 22.7. The number of carbonyl (C=O) groups is 1. The van der Waals surface area contributed by atoms with E-state index >= 15 is 0 Å². The number of halogens is 1. The molecule has 2 saturated carbocycles. The maximum absolute atomic E-state index is 13.7. The Morgan fingerprint density at radius 2 is 1.93 bits per heavy atom. The number of aliphatic hydroxyl groups is 1. The molecule has 9 nitrogen and oxygen atoms in total. The molecule has 2 fully saturated rings. The van der Waals surface area contributed by atoms with Gasteiger partial charge >= 0.3 is 0 Å². The van der Waals surface area contributed by atoms with Crippen LogP contribution in [-0.4, -0.2) is 33.6 Å². The van der Waals surface area contributed by atoms with Gasteiger partial charge in [-0.3, -0.25) is 4.79 Å². The van der Waals surface area contributed by atoms with Gasteiger partial charge in [0.05, 0.1) is 17.3 Å². The molecule has 212 valence electrons. The van der Waals surface area contributed by atoms with E-state index < -0.39 is 11.1 Å². The highest BCUT2D eigenvalue weighted by Crippen LogP contribution is 2.51. The predicted octanol–water partition coefficient (Wildman–Crippen LogP) is 4.98. The van der Waals surface area contributed by atoms with Gasteiger partial charge in [0.15, 0.2) is 22.6 Å². The van der Waals surface area contributed by atoms with Crippen molar-refractivity contribution in [1.82, 2.24) is 9.97 Å². The molecule has 41 heavy (non-hydrogen) atoms. The maximum atomic E-state index is 13.7. The summed E-state index contributed by atoms with van der Waals surface area (Å²) < 4.78 is 31.2. The molecule has 2 aromatic carbocycles. The minimum Gasteiger partial charge on any atom is -0.489 e. The molecule has 3 aliphatic rings. The number of benzene rings is 2. The Kier molecular flexibility index (Phi) is 5.85. The number of hydrogen-bond acceptors (Lipinski definition) is 9. The largest absolute Gasteiger partial charge is 0.489 e. The minimum absolute atomic E-state index is 0.00359. The molecule has 5 N–H and O–H groups in total. The van der Waals surface area contributed by atoms with E-state index in [2.05, 4.69) is 4.98 Å². The van der Waals surface area contributed by atoms with Crippen molar-refractivity contribution in [2.24, 2.45) is 11.7 Å². The third-order valence-electron chi connectivity index (χ3n) is 8.27. The third kappa shape index (κ3) is 4.70. The number of ketones is 1. The normalized spacial score (nSPS) is 21.4. The number of carbonyl (C=O) groups excluding carboxylic acids is 1. The number of nitrogen functional groups attached to an aromatic ring is 1. The highest BCUT2D eigenvalue weighted by molar-refractivity contribution is 6.00. The van der Waals surface area contributed by atoms with E-state index in [0.29, 0.717) is 45.1 Å². The number of nitrogens with two attached hydrogens (primary N) is 2. The van der Waals surface area contributed by atoms with Crippen molar-refractivity contribution in [2.45, 2.75) is 62.7 Å². The van der Waals surface area contributed by atoms with Crippen LogP contribution in [0.2, 0.25) is 0 Å². The van der Waals surface area contributed by atoms with Gasteiger partial charge in [0.25, 0.3) is 6.01 Å². The van der Waals surface area contributed by atoms with Crippen molar-refractivity contribution in [3.8, 4) is 22.8 Å². The number of Topliss-reactive ketones (excluding diaryl/α,β-unsaturated/α-hetero) is 1. The Balaban J connectivity index is 1.23. The number of hydrogen-bond donors (Lipinski definition) is 3. The second-order valence-corrected chi connectivity index (χ2v) is 11.8. The smallest absolute Gasteiger partial charge is 0.293 e. The molecule has 2 aromatic heterocycles. The summed E-state index contributed by atoms with van der Waals surface area (Å²) in [6.07, 6.45) is 3.83. The fourth-order valence-corrected chi connectivity index (χ4v) is 5.61. The molecule has 0 spiro atoms. The van der Waals surface area contributed by atoms with E-state index in [-0.39, 0.29) is 49.1 Å². The minimum atomic E-state index is -1.37. The number of pyridine rings is 1. The molecule has 0 amide bonds. The number of fused-ring (bicyclic) bond motifs is 2.